The molecule has 4 N–H and O–H groups in total. The number of amides is 2. The zero-order valence-electron chi connectivity index (χ0n) is 19.3. The van der Waals surface area contributed by atoms with Crippen molar-refractivity contribution in [1.82, 2.24) is 5.48 Å². The number of methoxy groups -OCH3 is 1. The first kappa shape index (κ1) is 27.7. The topological polar surface area (TPSA) is 126 Å². The highest BCUT2D eigenvalue weighted by Gasteiger charge is 2.27. The molecule has 2 atom stereocenters. The molecule has 0 saturated carbocycles. The van der Waals surface area contributed by atoms with Gasteiger partial charge in [-0.25, -0.2) is 19.1 Å². The highest BCUT2D eigenvalue weighted by atomic mass is 19.1. The number of hydrogen-bond donors (Lipinski definition) is 4. The van der Waals surface area contributed by atoms with E-state index in [1.165, 1.54) is 14.0 Å². The number of aliphatic hydroxyl groups excluding tert-OH is 1. The van der Waals surface area contributed by atoms with E-state index in [0.29, 0.717) is 30.2 Å². The molecular formula is C24H28F2N2O7. The van der Waals surface area contributed by atoms with Crippen LogP contribution in [-0.2, 0) is 14.3 Å². The molecule has 0 saturated heterocycles. The Bertz CT molecular complexity index is 1020. The number of aliphatic hydroxyl groups is 1. The van der Waals surface area contributed by atoms with E-state index in [1.54, 1.807) is 35.8 Å². The van der Waals surface area contributed by atoms with Gasteiger partial charge >= 0.3 is 6.09 Å². The Hall–Kier alpha value is -3.54. The van der Waals surface area contributed by atoms with E-state index in [2.05, 4.69) is 5.32 Å². The number of nitrogens with one attached hydrogen (secondary N) is 2. The minimum absolute atomic E-state index is 0.110. The predicted octanol–water partition coefficient (Wildman–Crippen LogP) is 3.87. The van der Waals surface area contributed by atoms with Crippen molar-refractivity contribution in [2.45, 2.75) is 32.0 Å². The lowest BCUT2D eigenvalue weighted by atomic mass is 9.99. The smallest absolute Gasteiger partial charge is 0.412 e. The van der Waals surface area contributed by atoms with Gasteiger partial charge in [-0.2, -0.15) is 0 Å². The Morgan fingerprint density at radius 2 is 1.86 bits per heavy atom. The summed E-state index contributed by atoms with van der Waals surface area (Å²) in [5.74, 6) is -1.91. The van der Waals surface area contributed by atoms with Crippen LogP contribution >= 0.6 is 0 Å². The maximum absolute atomic E-state index is 14.0. The van der Waals surface area contributed by atoms with Gasteiger partial charge in [-0.05, 0) is 49.6 Å². The first-order chi connectivity index (χ1) is 16.8. The van der Waals surface area contributed by atoms with Crippen LogP contribution in [-0.4, -0.2) is 48.7 Å². The molecule has 0 unspecified atom stereocenters. The molecular weight excluding hydrogens is 466 g/mol. The molecule has 0 aliphatic rings. The second-order valence-electron chi connectivity index (χ2n) is 7.40. The second kappa shape index (κ2) is 14.0. The Balaban J connectivity index is 2.22. The first-order valence-electron chi connectivity index (χ1n) is 10.7. The van der Waals surface area contributed by atoms with Crippen molar-refractivity contribution < 1.29 is 42.9 Å². The number of carbonyl (C=O) groups excluding carboxylic acids is 2. The highest BCUT2D eigenvalue weighted by Crippen LogP contribution is 2.29. The number of benzene rings is 2. The largest absolute Gasteiger partial charge is 0.491 e. The summed E-state index contributed by atoms with van der Waals surface area (Å²) < 4.78 is 43.6. The van der Waals surface area contributed by atoms with Gasteiger partial charge in [0.1, 0.15) is 24.0 Å². The number of hydrogen-bond acceptors (Lipinski definition) is 7. The molecule has 0 aliphatic heterocycles. The molecule has 0 bridgehead atoms. The molecule has 2 amide bonds. The van der Waals surface area contributed by atoms with Gasteiger partial charge < -0.3 is 19.3 Å². The van der Waals surface area contributed by atoms with Crippen LogP contribution in [0.2, 0.25) is 0 Å². The van der Waals surface area contributed by atoms with Gasteiger partial charge in [0.05, 0.1) is 18.4 Å². The van der Waals surface area contributed by atoms with Crippen molar-refractivity contribution >= 4 is 17.7 Å². The molecule has 35 heavy (non-hydrogen) atoms. The quantitative estimate of drug-likeness (QED) is 0.200. The van der Waals surface area contributed by atoms with Crippen molar-refractivity contribution in [2.24, 2.45) is 0 Å². The van der Waals surface area contributed by atoms with Crippen LogP contribution in [0.15, 0.2) is 54.1 Å². The van der Waals surface area contributed by atoms with E-state index in [4.69, 9.17) is 24.5 Å². The summed E-state index contributed by atoms with van der Waals surface area (Å²) in [5, 5.41) is 19.9. The second-order valence-corrected chi connectivity index (χ2v) is 7.40. The number of ether oxygens (including phenoxy) is 3. The summed E-state index contributed by atoms with van der Waals surface area (Å²) >= 11 is 0. The fraction of sp³-hybridized carbons (Fsp3) is 0.333. The summed E-state index contributed by atoms with van der Waals surface area (Å²) in [6.07, 6.45) is -0.356. The van der Waals surface area contributed by atoms with Crippen molar-refractivity contribution in [3.8, 4) is 5.75 Å². The Labute approximate surface area is 201 Å². The van der Waals surface area contributed by atoms with E-state index >= 15 is 0 Å². The van der Waals surface area contributed by atoms with Crippen LogP contribution in [0.25, 0.3) is 0 Å². The predicted molar refractivity (Wildman–Crippen MR) is 122 cm³/mol. The molecule has 0 fully saturated rings. The molecule has 0 aliphatic carbocycles. The van der Waals surface area contributed by atoms with Crippen molar-refractivity contribution in [3.05, 3.63) is 71.3 Å². The SMILES string of the molecule is CO[C@@H](CC/C=C(\C)C(=O)NO)[C@@H](OC(=O)Nc1ccc(F)cc1F)c1ccc(OCCO)cc1. The number of rotatable bonds is 12. The third-order valence-corrected chi connectivity index (χ3v) is 4.97. The zero-order chi connectivity index (χ0) is 25.8. The van der Waals surface area contributed by atoms with Gasteiger partial charge in [-0.3, -0.25) is 15.3 Å². The minimum atomic E-state index is -0.991. The molecule has 9 nitrogen and oxygen atoms in total. The van der Waals surface area contributed by atoms with Crippen LogP contribution in [0.5, 0.6) is 5.75 Å². The van der Waals surface area contributed by atoms with Gasteiger partial charge in [0, 0.05) is 18.7 Å². The lowest BCUT2D eigenvalue weighted by molar-refractivity contribution is -0.125. The average molecular weight is 494 g/mol. The van der Waals surface area contributed by atoms with E-state index in [1.807, 2.05) is 0 Å². The van der Waals surface area contributed by atoms with Gasteiger partial charge in [0.2, 0.25) is 0 Å². The van der Waals surface area contributed by atoms with Crippen LogP contribution < -0.4 is 15.5 Å². The van der Waals surface area contributed by atoms with Gasteiger partial charge in [0.25, 0.3) is 5.91 Å². The highest BCUT2D eigenvalue weighted by molar-refractivity contribution is 5.91. The van der Waals surface area contributed by atoms with E-state index in [-0.39, 0.29) is 24.5 Å². The van der Waals surface area contributed by atoms with Gasteiger partial charge in [-0.1, -0.05) is 18.2 Å². The summed E-state index contributed by atoms with van der Waals surface area (Å²) in [6.45, 7) is 1.48. The molecule has 0 spiro atoms. The van der Waals surface area contributed by atoms with Crippen molar-refractivity contribution in [1.29, 1.82) is 0 Å². The number of hydroxylamine groups is 1. The normalized spacial score (nSPS) is 13.0. The maximum atomic E-state index is 14.0. The summed E-state index contributed by atoms with van der Waals surface area (Å²) in [4.78, 5) is 24.0. The third-order valence-electron chi connectivity index (χ3n) is 4.97. The number of carbonyl (C=O) groups is 2. The van der Waals surface area contributed by atoms with Crippen LogP contribution in [0.1, 0.15) is 31.4 Å². The Morgan fingerprint density at radius 1 is 1.14 bits per heavy atom. The molecule has 0 radical (unpaired) electrons. The summed E-state index contributed by atoms with van der Waals surface area (Å²) in [5.41, 5.74) is 2.11. The number of allylic oxidation sites excluding steroid dienone is 1. The van der Waals surface area contributed by atoms with Crippen LogP contribution in [0.3, 0.4) is 0 Å². The third kappa shape index (κ3) is 8.63. The zero-order valence-corrected chi connectivity index (χ0v) is 19.3. The summed E-state index contributed by atoms with van der Waals surface area (Å²) in [6, 6.07) is 9.25. The fourth-order valence-corrected chi connectivity index (χ4v) is 3.16. The lowest BCUT2D eigenvalue weighted by Gasteiger charge is -2.26. The minimum Gasteiger partial charge on any atom is -0.491 e. The van der Waals surface area contributed by atoms with Crippen molar-refractivity contribution in [3.63, 3.8) is 0 Å². The van der Waals surface area contributed by atoms with Crippen LogP contribution in [0, 0.1) is 11.6 Å². The lowest BCUT2D eigenvalue weighted by Crippen LogP contribution is -2.28. The molecule has 2 aromatic carbocycles. The Kier molecular flexibility index (Phi) is 11.1. The molecule has 11 heteroatoms. The van der Waals surface area contributed by atoms with E-state index in [0.717, 1.165) is 12.1 Å². The molecule has 0 aromatic heterocycles. The standard InChI is InChI=1S/C24H28F2N2O7/c1-15(23(30)28-32)4-3-5-21(33-2)22(16-6-9-18(10-7-16)34-13-12-29)35-24(31)27-20-11-8-17(25)14-19(20)26/h4,6-11,14,21-22,29,32H,3,5,12-13H2,1-2H3,(H,27,31)(H,28,30)/b15-4+/t21-,22-/m0/s1. The van der Waals surface area contributed by atoms with E-state index < -0.39 is 35.8 Å². The number of halogens is 2. The van der Waals surface area contributed by atoms with Crippen LogP contribution in [0.4, 0.5) is 19.3 Å². The van der Waals surface area contributed by atoms with Gasteiger partial charge in [0.15, 0.2) is 6.10 Å². The van der Waals surface area contributed by atoms with Gasteiger partial charge in [-0.15, -0.1) is 0 Å². The van der Waals surface area contributed by atoms with Crippen molar-refractivity contribution in [2.75, 3.05) is 25.6 Å². The monoisotopic (exact) mass is 494 g/mol. The molecule has 2 rings (SSSR count). The fourth-order valence-electron chi connectivity index (χ4n) is 3.16. The molecule has 2 aromatic rings. The van der Waals surface area contributed by atoms with E-state index in [9.17, 15) is 18.4 Å². The summed E-state index contributed by atoms with van der Waals surface area (Å²) in [7, 11) is 1.42. The first-order valence-corrected chi connectivity index (χ1v) is 10.7. The average Bonchev–Trinajstić information content (AvgIpc) is 2.85. The molecule has 0 heterocycles. The number of anilines is 1. The Morgan fingerprint density at radius 3 is 2.46 bits per heavy atom. The maximum Gasteiger partial charge on any atom is 0.412 e. The molecule has 190 valence electrons.